The summed E-state index contributed by atoms with van der Waals surface area (Å²) in [5.74, 6) is 0.397. The van der Waals surface area contributed by atoms with E-state index in [-0.39, 0.29) is 11.7 Å². The molecule has 0 bridgehead atoms. The van der Waals surface area contributed by atoms with E-state index >= 15 is 0 Å². The molecule has 0 fully saturated rings. The molecule has 0 aliphatic heterocycles. The summed E-state index contributed by atoms with van der Waals surface area (Å²) >= 11 is 0. The zero-order chi connectivity index (χ0) is 11.4. The fraction of sp³-hybridized carbons (Fsp3) is 0.462. The molecule has 2 heteroatoms. The van der Waals surface area contributed by atoms with E-state index in [2.05, 4.69) is 13.8 Å². The van der Waals surface area contributed by atoms with Crippen molar-refractivity contribution in [2.45, 2.75) is 33.1 Å². The van der Waals surface area contributed by atoms with Gasteiger partial charge < -0.3 is 4.79 Å². The van der Waals surface area contributed by atoms with Crippen molar-refractivity contribution in [3.8, 4) is 0 Å². The van der Waals surface area contributed by atoms with Crippen LogP contribution in [0.4, 0.5) is 4.39 Å². The summed E-state index contributed by atoms with van der Waals surface area (Å²) in [5, 5.41) is 0. The number of halogens is 1. The normalized spacial score (nSPS) is 12.9. The Morgan fingerprint density at radius 1 is 1.40 bits per heavy atom. The second kappa shape index (κ2) is 5.06. The first-order valence-electron chi connectivity index (χ1n) is 5.26. The van der Waals surface area contributed by atoms with Crippen molar-refractivity contribution in [3.63, 3.8) is 0 Å². The molecule has 0 radical (unpaired) electrons. The van der Waals surface area contributed by atoms with Gasteiger partial charge in [0, 0.05) is 6.42 Å². The topological polar surface area (TPSA) is 17.1 Å². The Bertz CT molecular complexity index is 344. The molecular weight excluding hydrogens is 191 g/mol. The van der Waals surface area contributed by atoms with E-state index in [1.54, 1.807) is 13.0 Å². The van der Waals surface area contributed by atoms with Gasteiger partial charge in [-0.15, -0.1) is 0 Å². The molecule has 1 atom stereocenters. The molecule has 1 unspecified atom stereocenters. The molecule has 82 valence electrons. The largest absolute Gasteiger partial charge is 0.303 e. The number of hydrogen-bond acceptors (Lipinski definition) is 1. The number of carbonyl (C=O) groups excluding carboxylic acids is 1. The summed E-state index contributed by atoms with van der Waals surface area (Å²) in [5.41, 5.74) is 1.69. The smallest absolute Gasteiger partial charge is 0.126 e. The molecule has 0 amide bonds. The highest BCUT2D eigenvalue weighted by atomic mass is 19.1. The molecule has 0 aromatic heterocycles. The quantitative estimate of drug-likeness (QED) is 0.692. The highest BCUT2D eigenvalue weighted by molar-refractivity contribution is 5.52. The Morgan fingerprint density at radius 3 is 2.53 bits per heavy atom. The minimum Gasteiger partial charge on any atom is -0.303 e. The minimum absolute atomic E-state index is 0.188. The summed E-state index contributed by atoms with van der Waals surface area (Å²) in [4.78, 5) is 10.6. The van der Waals surface area contributed by atoms with Gasteiger partial charge in [-0.3, -0.25) is 0 Å². The summed E-state index contributed by atoms with van der Waals surface area (Å²) < 4.78 is 13.1. The Morgan fingerprint density at radius 2 is 2.07 bits per heavy atom. The van der Waals surface area contributed by atoms with Crippen molar-refractivity contribution in [2.75, 3.05) is 0 Å². The summed E-state index contributed by atoms with van der Waals surface area (Å²) in [6.45, 7) is 5.90. The lowest BCUT2D eigenvalue weighted by Gasteiger charge is -2.19. The van der Waals surface area contributed by atoms with Gasteiger partial charge in [-0.05, 0) is 36.0 Å². The van der Waals surface area contributed by atoms with Crippen molar-refractivity contribution in [1.29, 1.82) is 0 Å². The third-order valence-corrected chi connectivity index (χ3v) is 2.77. The maximum absolute atomic E-state index is 13.1. The first-order valence-corrected chi connectivity index (χ1v) is 5.26. The van der Waals surface area contributed by atoms with Gasteiger partial charge in [-0.25, -0.2) is 4.39 Å². The number of benzene rings is 1. The summed E-state index contributed by atoms with van der Waals surface area (Å²) in [7, 11) is 0. The van der Waals surface area contributed by atoms with Gasteiger partial charge in [0.05, 0.1) is 0 Å². The average Bonchev–Trinajstić information content (AvgIpc) is 2.18. The van der Waals surface area contributed by atoms with E-state index in [9.17, 15) is 9.18 Å². The second-order valence-corrected chi connectivity index (χ2v) is 4.26. The first kappa shape index (κ1) is 11.9. The van der Waals surface area contributed by atoms with Crippen LogP contribution in [0.15, 0.2) is 18.2 Å². The zero-order valence-corrected chi connectivity index (χ0v) is 9.46. The van der Waals surface area contributed by atoms with Crippen LogP contribution in [-0.2, 0) is 4.79 Å². The van der Waals surface area contributed by atoms with Crippen molar-refractivity contribution in [3.05, 3.63) is 35.1 Å². The van der Waals surface area contributed by atoms with E-state index in [1.807, 2.05) is 6.07 Å². The maximum Gasteiger partial charge on any atom is 0.126 e. The van der Waals surface area contributed by atoms with Gasteiger partial charge >= 0.3 is 0 Å². The number of rotatable bonds is 4. The fourth-order valence-corrected chi connectivity index (χ4v) is 1.80. The van der Waals surface area contributed by atoms with Gasteiger partial charge in [0.15, 0.2) is 0 Å². The van der Waals surface area contributed by atoms with Gasteiger partial charge in [0.2, 0.25) is 0 Å². The molecule has 0 saturated heterocycles. The fourth-order valence-electron chi connectivity index (χ4n) is 1.80. The van der Waals surface area contributed by atoms with Crippen LogP contribution < -0.4 is 0 Å². The van der Waals surface area contributed by atoms with Crippen molar-refractivity contribution >= 4 is 6.29 Å². The van der Waals surface area contributed by atoms with Gasteiger partial charge in [-0.1, -0.05) is 26.0 Å². The van der Waals surface area contributed by atoms with Gasteiger partial charge in [0.1, 0.15) is 12.1 Å². The lowest BCUT2D eigenvalue weighted by Crippen LogP contribution is -2.08. The molecule has 1 aromatic carbocycles. The highest BCUT2D eigenvalue weighted by Gasteiger charge is 2.15. The molecule has 0 saturated carbocycles. The van der Waals surface area contributed by atoms with Crippen LogP contribution in [0.25, 0.3) is 0 Å². The van der Waals surface area contributed by atoms with Crippen LogP contribution in [0, 0.1) is 18.7 Å². The Labute approximate surface area is 90.3 Å². The molecular formula is C13H17FO. The molecule has 0 aliphatic rings. The molecule has 0 heterocycles. The second-order valence-electron chi connectivity index (χ2n) is 4.26. The lowest BCUT2D eigenvalue weighted by atomic mass is 9.85. The molecule has 0 N–H and O–H groups in total. The predicted molar refractivity (Wildman–Crippen MR) is 59.4 cm³/mol. The Balaban J connectivity index is 3.00. The molecule has 0 spiro atoms. The Hall–Kier alpha value is -1.18. The average molecular weight is 208 g/mol. The van der Waals surface area contributed by atoms with Crippen LogP contribution in [0.2, 0.25) is 0 Å². The van der Waals surface area contributed by atoms with Crippen LogP contribution in [0.3, 0.4) is 0 Å². The molecule has 1 nitrogen and oxygen atoms in total. The first-order chi connectivity index (χ1) is 7.06. The molecule has 0 aliphatic carbocycles. The third kappa shape index (κ3) is 2.88. The van der Waals surface area contributed by atoms with Gasteiger partial charge in [-0.2, -0.15) is 0 Å². The summed E-state index contributed by atoms with van der Waals surface area (Å²) in [6.07, 6.45) is 1.44. The van der Waals surface area contributed by atoms with E-state index in [0.29, 0.717) is 17.9 Å². The molecule has 1 rings (SSSR count). The predicted octanol–water partition coefficient (Wildman–Crippen LogP) is 3.46. The monoisotopic (exact) mass is 208 g/mol. The number of hydrogen-bond donors (Lipinski definition) is 0. The van der Waals surface area contributed by atoms with Crippen LogP contribution in [-0.4, -0.2) is 6.29 Å². The summed E-state index contributed by atoms with van der Waals surface area (Å²) in [6, 6.07) is 5.09. The van der Waals surface area contributed by atoms with E-state index < -0.39 is 0 Å². The number of aldehydes is 1. The maximum atomic E-state index is 13.1. The minimum atomic E-state index is -0.188. The van der Waals surface area contributed by atoms with Crippen molar-refractivity contribution in [1.82, 2.24) is 0 Å². The SMILES string of the molecule is Cc1cc(C(CC=O)C(C)C)ccc1F. The standard InChI is InChI=1S/C13H17FO/c1-9(2)12(6-7-15)11-4-5-13(14)10(3)8-11/h4-5,7-9,12H,6H2,1-3H3. The third-order valence-electron chi connectivity index (χ3n) is 2.77. The van der Waals surface area contributed by atoms with E-state index in [4.69, 9.17) is 0 Å². The van der Waals surface area contributed by atoms with Crippen molar-refractivity contribution in [2.24, 2.45) is 5.92 Å². The highest BCUT2D eigenvalue weighted by Crippen LogP contribution is 2.28. The number of carbonyl (C=O) groups is 1. The van der Waals surface area contributed by atoms with E-state index in [0.717, 1.165) is 11.8 Å². The van der Waals surface area contributed by atoms with Crippen LogP contribution in [0.5, 0.6) is 0 Å². The Kier molecular flexibility index (Phi) is 4.01. The van der Waals surface area contributed by atoms with Gasteiger partial charge in [0.25, 0.3) is 0 Å². The van der Waals surface area contributed by atoms with E-state index in [1.165, 1.54) is 6.07 Å². The van der Waals surface area contributed by atoms with Crippen LogP contribution >= 0.6 is 0 Å². The molecule has 15 heavy (non-hydrogen) atoms. The molecule has 1 aromatic rings. The van der Waals surface area contributed by atoms with Crippen LogP contribution in [0.1, 0.15) is 37.3 Å². The van der Waals surface area contributed by atoms with Crippen molar-refractivity contribution < 1.29 is 9.18 Å². The lowest BCUT2D eigenvalue weighted by molar-refractivity contribution is -0.108. The zero-order valence-electron chi connectivity index (χ0n) is 9.46. The number of aryl methyl sites for hydroxylation is 1.